The highest BCUT2D eigenvalue weighted by molar-refractivity contribution is 6.32. The van der Waals surface area contributed by atoms with E-state index in [9.17, 15) is 4.79 Å². The molecule has 242 valence electrons. The first-order chi connectivity index (χ1) is 21.8. The molecule has 2 heterocycles. The Morgan fingerprint density at radius 3 is 2.44 bits per heavy atom. The van der Waals surface area contributed by atoms with Crippen molar-refractivity contribution in [3.63, 3.8) is 0 Å². The van der Waals surface area contributed by atoms with Crippen LogP contribution in [0.4, 0.5) is 0 Å². The number of esters is 1. The van der Waals surface area contributed by atoms with Crippen LogP contribution in [0.25, 0.3) is 22.5 Å². The maximum atomic E-state index is 13.2. The molecule has 2 aromatic heterocycles. The number of halogens is 1. The Morgan fingerprint density at radius 2 is 1.78 bits per heavy atom. The van der Waals surface area contributed by atoms with Crippen molar-refractivity contribution in [1.29, 1.82) is 0 Å². The quantitative estimate of drug-likeness (QED) is 0.0594. The molecule has 4 aromatic rings. The van der Waals surface area contributed by atoms with Crippen LogP contribution < -0.4 is 0 Å². The smallest absolute Gasteiger partial charge is 0.358 e. The molecule has 1 atom stereocenters. The Bertz CT molecular complexity index is 1490. The minimum atomic E-state index is -1.15. The number of ether oxygens (including phenoxy) is 2. The summed E-state index contributed by atoms with van der Waals surface area (Å²) in [5.41, 5.74) is 3.72. The number of aryl methyl sites for hydroxylation is 1. The number of nitrogens with zero attached hydrogens (tertiary/aromatic N) is 7. The first-order valence-corrected chi connectivity index (χ1v) is 14.2. The van der Waals surface area contributed by atoms with Gasteiger partial charge in [0.2, 0.25) is 5.82 Å². The normalized spacial score (nSPS) is 12.3. The van der Waals surface area contributed by atoms with Gasteiger partial charge in [-0.1, -0.05) is 73.5 Å². The van der Waals surface area contributed by atoms with Gasteiger partial charge >= 0.3 is 5.97 Å². The van der Waals surface area contributed by atoms with E-state index >= 15 is 0 Å². The molecule has 0 radical (unpaired) electrons. The lowest BCUT2D eigenvalue weighted by Gasteiger charge is -2.19. The summed E-state index contributed by atoms with van der Waals surface area (Å²) in [5.74, 6) is 0.436. The lowest BCUT2D eigenvalue weighted by molar-refractivity contribution is -0.528. The number of H-pyrrole nitrogens is 1. The number of unbranched alkanes of at least 4 members (excludes halogenated alkanes) is 1. The van der Waals surface area contributed by atoms with E-state index in [2.05, 4.69) is 42.2 Å². The van der Waals surface area contributed by atoms with Crippen LogP contribution in [-0.4, -0.2) is 100 Å². The predicted octanol–water partition coefficient (Wildman–Crippen LogP) is 3.34. The summed E-state index contributed by atoms with van der Waals surface area (Å²) in [6.07, 6.45) is 1.23. The van der Waals surface area contributed by atoms with Gasteiger partial charge < -0.3 is 14.0 Å². The van der Waals surface area contributed by atoms with E-state index in [0.717, 1.165) is 35.1 Å². The monoisotopic (exact) mass is 648 g/mol. The molecule has 2 aromatic carbocycles. The predicted molar refractivity (Wildman–Crippen MR) is 153 cm³/mol. The Labute approximate surface area is 261 Å². The topological polar surface area (TPSA) is 214 Å². The van der Waals surface area contributed by atoms with Crippen molar-refractivity contribution in [2.24, 2.45) is 0 Å². The van der Waals surface area contributed by atoms with Crippen LogP contribution in [0, 0.1) is 0 Å². The van der Waals surface area contributed by atoms with Gasteiger partial charge in [-0.05, 0) is 28.3 Å². The number of nitrogens with one attached hydrogen (secondary N) is 1. The molecule has 0 aliphatic rings. The zero-order chi connectivity index (χ0) is 32.2. The second-order valence-electron chi connectivity index (χ2n) is 9.57. The summed E-state index contributed by atoms with van der Waals surface area (Å²) in [6.45, 7) is 1.30. The molecule has 0 spiro atoms. The van der Waals surface area contributed by atoms with Crippen LogP contribution in [-0.2, 0) is 32.1 Å². The van der Waals surface area contributed by atoms with E-state index in [1.165, 1.54) is 0 Å². The molecular formula is C27H33ClN8O9. The molecule has 0 amide bonds. The minimum Gasteiger partial charge on any atom is -0.458 e. The van der Waals surface area contributed by atoms with Gasteiger partial charge in [0.15, 0.2) is 10.8 Å². The summed E-state index contributed by atoms with van der Waals surface area (Å²) in [4.78, 5) is 26.6. The molecular weight excluding hydrogens is 616 g/mol. The first-order valence-electron chi connectivity index (χ1n) is 13.8. The van der Waals surface area contributed by atoms with E-state index in [1.807, 2.05) is 48.5 Å². The SMILES string of the molecule is CCCCc1nc(Cl)c(C(=O)OCCOC[C@H](CON(O)O)ON(O)O)n1Cc1ccc(-c2ccccc2-c2nn[nH]n2)cc1. The van der Waals surface area contributed by atoms with Crippen LogP contribution in [0.2, 0.25) is 5.15 Å². The number of carbonyl (C=O) groups excluding carboxylic acids is 1. The number of imidazole rings is 1. The van der Waals surface area contributed by atoms with Gasteiger partial charge in [0.25, 0.3) is 0 Å². The Balaban J connectivity index is 1.43. The summed E-state index contributed by atoms with van der Waals surface area (Å²) < 4.78 is 12.5. The molecule has 0 unspecified atom stereocenters. The van der Waals surface area contributed by atoms with E-state index in [0.29, 0.717) is 24.6 Å². The second-order valence-corrected chi connectivity index (χ2v) is 9.93. The highest BCUT2D eigenvalue weighted by Gasteiger charge is 2.24. The standard InChI is InChI=1S/C27H33ClN8O9/c1-2-3-8-23-29-25(28)24(27(37)43-14-13-42-16-20(45-36(40)41)17-44-35(38)39)34(23)15-18-9-11-19(12-10-18)21-6-4-5-7-22(21)26-30-32-33-31-26/h4-7,9-12,20,38-41H,2-3,8,13-17H2,1H3,(H,30,31,32,33)/t20-/m1/s1. The van der Waals surface area contributed by atoms with Crippen molar-refractivity contribution in [1.82, 2.24) is 41.0 Å². The van der Waals surface area contributed by atoms with Crippen molar-refractivity contribution < 1.29 is 44.8 Å². The van der Waals surface area contributed by atoms with Crippen molar-refractivity contribution in [3.05, 3.63) is 70.8 Å². The number of hydrogen-bond donors (Lipinski definition) is 5. The van der Waals surface area contributed by atoms with Gasteiger partial charge in [-0.2, -0.15) is 5.21 Å². The number of benzene rings is 2. The van der Waals surface area contributed by atoms with E-state index < -0.39 is 29.5 Å². The van der Waals surface area contributed by atoms with Crippen LogP contribution in [0.5, 0.6) is 0 Å². The fourth-order valence-electron chi connectivity index (χ4n) is 4.40. The third-order valence-corrected chi connectivity index (χ3v) is 6.72. The first kappa shape index (κ1) is 34.0. The number of aromatic nitrogens is 6. The Hall–Kier alpha value is -3.88. The van der Waals surface area contributed by atoms with Crippen LogP contribution in [0.15, 0.2) is 48.5 Å². The number of aromatic amines is 1. The van der Waals surface area contributed by atoms with Crippen molar-refractivity contribution in [2.75, 3.05) is 26.4 Å². The Kier molecular flexibility index (Phi) is 12.8. The fourth-order valence-corrected chi connectivity index (χ4v) is 4.68. The molecule has 0 aliphatic heterocycles. The zero-order valence-corrected chi connectivity index (χ0v) is 24.9. The molecule has 0 bridgehead atoms. The molecule has 17 nitrogen and oxygen atoms in total. The molecule has 45 heavy (non-hydrogen) atoms. The fraction of sp³-hybridized carbons (Fsp3) is 0.370. The summed E-state index contributed by atoms with van der Waals surface area (Å²) in [5, 5.41) is 48.2. The largest absolute Gasteiger partial charge is 0.458 e. The highest BCUT2D eigenvalue weighted by Crippen LogP contribution is 2.30. The molecule has 18 heteroatoms. The summed E-state index contributed by atoms with van der Waals surface area (Å²) >= 11 is 6.44. The van der Waals surface area contributed by atoms with Gasteiger partial charge in [0.05, 0.1) is 24.0 Å². The van der Waals surface area contributed by atoms with Gasteiger partial charge in [0.1, 0.15) is 25.1 Å². The van der Waals surface area contributed by atoms with Gasteiger partial charge in [-0.25, -0.2) is 19.5 Å². The minimum absolute atomic E-state index is 0.0202. The molecule has 0 saturated carbocycles. The Morgan fingerprint density at radius 1 is 1.02 bits per heavy atom. The van der Waals surface area contributed by atoms with Crippen LogP contribution in [0.3, 0.4) is 0 Å². The third kappa shape index (κ3) is 9.80. The van der Waals surface area contributed by atoms with Gasteiger partial charge in [0, 0.05) is 18.5 Å². The summed E-state index contributed by atoms with van der Waals surface area (Å²) in [6, 6.07) is 15.6. The number of carbonyl (C=O) groups is 1. The lowest BCUT2D eigenvalue weighted by Crippen LogP contribution is -2.34. The third-order valence-electron chi connectivity index (χ3n) is 6.45. The maximum Gasteiger partial charge on any atom is 0.358 e. The number of rotatable bonds is 18. The van der Waals surface area contributed by atoms with Crippen molar-refractivity contribution in [3.8, 4) is 22.5 Å². The molecule has 0 saturated heterocycles. The highest BCUT2D eigenvalue weighted by atomic mass is 35.5. The van der Waals surface area contributed by atoms with Gasteiger partial charge in [-0.15, -0.1) is 10.2 Å². The average Bonchev–Trinajstić information content (AvgIpc) is 3.66. The van der Waals surface area contributed by atoms with Crippen molar-refractivity contribution >= 4 is 17.6 Å². The van der Waals surface area contributed by atoms with Crippen LogP contribution in [0.1, 0.15) is 41.6 Å². The summed E-state index contributed by atoms with van der Waals surface area (Å²) in [7, 11) is 0. The van der Waals surface area contributed by atoms with Crippen molar-refractivity contribution in [2.45, 2.75) is 38.8 Å². The average molecular weight is 649 g/mol. The van der Waals surface area contributed by atoms with Gasteiger partial charge in [-0.3, -0.25) is 20.8 Å². The second kappa shape index (κ2) is 17.0. The van der Waals surface area contributed by atoms with E-state index in [-0.39, 0.29) is 30.7 Å². The maximum absolute atomic E-state index is 13.2. The number of hydrogen-bond acceptors (Lipinski definition) is 15. The number of tetrazole rings is 1. The molecule has 4 rings (SSSR count). The zero-order valence-electron chi connectivity index (χ0n) is 24.2. The van der Waals surface area contributed by atoms with E-state index in [1.54, 1.807) is 4.57 Å². The lowest BCUT2D eigenvalue weighted by atomic mass is 9.98. The molecule has 0 fully saturated rings. The molecule has 0 aliphatic carbocycles. The van der Waals surface area contributed by atoms with E-state index in [4.69, 9.17) is 41.9 Å². The molecule has 5 N–H and O–H groups in total. The van der Waals surface area contributed by atoms with Crippen LogP contribution >= 0.6 is 11.6 Å².